The number of hydrogen-bond donors (Lipinski definition) is 1. The number of hydrogen-bond acceptors (Lipinski definition) is 3. The highest BCUT2D eigenvalue weighted by Crippen LogP contribution is 2.24. The molecule has 1 aliphatic carbocycles. The maximum absolute atomic E-state index is 11.6. The zero-order chi connectivity index (χ0) is 10.1. The van der Waals surface area contributed by atoms with Gasteiger partial charge in [0.05, 0.1) is 6.26 Å². The van der Waals surface area contributed by atoms with Crippen molar-refractivity contribution in [3.8, 4) is 0 Å². The van der Waals surface area contributed by atoms with Crippen molar-refractivity contribution in [2.75, 3.05) is 0 Å². The highest BCUT2D eigenvalue weighted by Gasteiger charge is 2.27. The van der Waals surface area contributed by atoms with Crippen LogP contribution in [0.3, 0.4) is 0 Å². The predicted molar refractivity (Wildman–Crippen MR) is 50.4 cm³/mol. The third-order valence-electron chi connectivity index (χ3n) is 2.27. The molecule has 1 N–H and O–H groups in total. The molecule has 0 fully saturated rings. The van der Waals surface area contributed by atoms with Crippen molar-refractivity contribution in [1.82, 2.24) is 0 Å². The van der Waals surface area contributed by atoms with Crippen molar-refractivity contribution >= 4 is 11.6 Å². The summed E-state index contributed by atoms with van der Waals surface area (Å²) in [7, 11) is 0. The number of aliphatic hydroxyl groups excluding tert-OH is 1. The molecule has 0 aliphatic heterocycles. The van der Waals surface area contributed by atoms with E-state index in [1.165, 1.54) is 0 Å². The largest absolute Gasteiger partial charge is 0.515 e. The summed E-state index contributed by atoms with van der Waals surface area (Å²) in [6, 6.07) is 6.64. The maximum atomic E-state index is 11.6. The average molecular weight is 188 g/mol. The van der Waals surface area contributed by atoms with Gasteiger partial charge in [0.1, 0.15) is 0 Å². The Kier molecular flexibility index (Phi) is 1.93. The fourth-order valence-corrected chi connectivity index (χ4v) is 1.55. The van der Waals surface area contributed by atoms with Gasteiger partial charge < -0.3 is 5.11 Å². The third-order valence-corrected chi connectivity index (χ3v) is 2.27. The molecule has 0 saturated heterocycles. The third kappa shape index (κ3) is 1.14. The Balaban J connectivity index is 2.63. The van der Waals surface area contributed by atoms with Crippen molar-refractivity contribution in [2.45, 2.75) is 6.42 Å². The molecule has 0 bridgehead atoms. The maximum Gasteiger partial charge on any atom is 0.193 e. The molecule has 1 aromatic rings. The number of benzene rings is 1. The van der Waals surface area contributed by atoms with Crippen molar-refractivity contribution in [3.05, 3.63) is 47.2 Å². The van der Waals surface area contributed by atoms with Crippen LogP contribution in [0.4, 0.5) is 0 Å². The minimum atomic E-state index is -0.261. The van der Waals surface area contributed by atoms with Crippen LogP contribution in [-0.2, 0) is 0 Å². The number of ketones is 2. The number of fused-ring (bicyclic) bond motifs is 1. The van der Waals surface area contributed by atoms with E-state index in [1.54, 1.807) is 24.3 Å². The molecule has 0 unspecified atom stereocenters. The quantitative estimate of drug-likeness (QED) is 0.499. The molecule has 0 spiro atoms. The Labute approximate surface area is 80.7 Å². The number of rotatable bonds is 0. The summed E-state index contributed by atoms with van der Waals surface area (Å²) in [5.74, 6) is -0.386. The smallest absolute Gasteiger partial charge is 0.193 e. The monoisotopic (exact) mass is 188 g/mol. The lowest BCUT2D eigenvalue weighted by atomic mass is 9.87. The zero-order valence-electron chi connectivity index (χ0n) is 7.36. The Morgan fingerprint density at radius 1 is 1.14 bits per heavy atom. The summed E-state index contributed by atoms with van der Waals surface area (Å²) < 4.78 is 0. The molecule has 0 aromatic heterocycles. The second-order valence-electron chi connectivity index (χ2n) is 3.13. The second kappa shape index (κ2) is 3.10. The van der Waals surface area contributed by atoms with Crippen LogP contribution in [0.1, 0.15) is 27.1 Å². The molecular weight excluding hydrogens is 180 g/mol. The minimum absolute atomic E-state index is 0.00759. The standard InChI is InChI=1S/C11H8O3/c12-6-7-5-10(13)8-3-1-2-4-9(8)11(7)14/h1-4,6,12H,5H2/b7-6-. The lowest BCUT2D eigenvalue weighted by molar-refractivity contribution is 0.0932. The summed E-state index contributed by atoms with van der Waals surface area (Å²) in [5, 5.41) is 8.77. The van der Waals surface area contributed by atoms with Crippen LogP contribution in [0.2, 0.25) is 0 Å². The van der Waals surface area contributed by atoms with Gasteiger partial charge in [-0.1, -0.05) is 24.3 Å². The molecule has 0 atom stereocenters. The SMILES string of the molecule is O=C1C/C(=C/O)C(=O)c2ccccc21. The predicted octanol–water partition coefficient (Wildman–Crippen LogP) is 1.90. The van der Waals surface area contributed by atoms with Crippen molar-refractivity contribution < 1.29 is 14.7 Å². The first kappa shape index (κ1) is 8.69. The van der Waals surface area contributed by atoms with Gasteiger partial charge in [-0.3, -0.25) is 9.59 Å². The van der Waals surface area contributed by atoms with Crippen LogP contribution < -0.4 is 0 Å². The molecular formula is C11H8O3. The van der Waals surface area contributed by atoms with Gasteiger partial charge in [0.2, 0.25) is 0 Å². The summed E-state index contributed by atoms with van der Waals surface area (Å²) in [6.45, 7) is 0. The van der Waals surface area contributed by atoms with E-state index in [0.717, 1.165) is 6.26 Å². The van der Waals surface area contributed by atoms with Gasteiger partial charge in [0, 0.05) is 23.1 Å². The average Bonchev–Trinajstić information content (AvgIpc) is 2.23. The zero-order valence-corrected chi connectivity index (χ0v) is 7.36. The molecule has 2 rings (SSSR count). The van der Waals surface area contributed by atoms with Crippen molar-refractivity contribution in [2.24, 2.45) is 0 Å². The Bertz CT molecular complexity index is 444. The number of carbonyl (C=O) groups is 2. The summed E-state index contributed by atoms with van der Waals surface area (Å²) >= 11 is 0. The lowest BCUT2D eigenvalue weighted by Crippen LogP contribution is -2.19. The first-order chi connectivity index (χ1) is 6.74. The fourth-order valence-electron chi connectivity index (χ4n) is 1.55. The van der Waals surface area contributed by atoms with Gasteiger partial charge in [-0.05, 0) is 0 Å². The molecule has 1 aliphatic rings. The molecule has 14 heavy (non-hydrogen) atoms. The highest BCUT2D eigenvalue weighted by atomic mass is 16.2. The van der Waals surface area contributed by atoms with Gasteiger partial charge in [0.25, 0.3) is 0 Å². The lowest BCUT2D eigenvalue weighted by Gasteiger charge is -2.14. The van der Waals surface area contributed by atoms with E-state index in [1.807, 2.05) is 0 Å². The Morgan fingerprint density at radius 2 is 1.79 bits per heavy atom. The highest BCUT2D eigenvalue weighted by molar-refractivity contribution is 6.22. The second-order valence-corrected chi connectivity index (χ2v) is 3.13. The van der Waals surface area contributed by atoms with Gasteiger partial charge in [0.15, 0.2) is 11.6 Å². The number of aliphatic hydroxyl groups is 1. The topological polar surface area (TPSA) is 54.4 Å². The number of Topliss-reactive ketones (excluding diaryl/α,β-unsaturated/α-hetero) is 2. The van der Waals surface area contributed by atoms with E-state index in [9.17, 15) is 9.59 Å². The van der Waals surface area contributed by atoms with Crippen molar-refractivity contribution in [1.29, 1.82) is 0 Å². The van der Waals surface area contributed by atoms with E-state index in [4.69, 9.17) is 5.11 Å². The van der Waals surface area contributed by atoms with E-state index in [0.29, 0.717) is 11.1 Å². The number of carbonyl (C=O) groups excluding carboxylic acids is 2. The minimum Gasteiger partial charge on any atom is -0.515 e. The molecule has 70 valence electrons. The Hall–Kier alpha value is -1.90. The van der Waals surface area contributed by atoms with E-state index in [2.05, 4.69) is 0 Å². The first-order valence-electron chi connectivity index (χ1n) is 4.24. The molecule has 0 heterocycles. The van der Waals surface area contributed by atoms with Crippen LogP contribution in [-0.4, -0.2) is 16.7 Å². The van der Waals surface area contributed by atoms with Gasteiger partial charge >= 0.3 is 0 Å². The normalized spacial score (nSPS) is 18.4. The molecule has 0 radical (unpaired) electrons. The Morgan fingerprint density at radius 3 is 2.43 bits per heavy atom. The summed E-state index contributed by atoms with van der Waals surface area (Å²) in [5.41, 5.74) is 0.987. The van der Waals surface area contributed by atoms with Crippen LogP contribution in [0.25, 0.3) is 0 Å². The van der Waals surface area contributed by atoms with E-state index < -0.39 is 0 Å². The number of allylic oxidation sites excluding steroid dienone is 1. The molecule has 0 amide bonds. The van der Waals surface area contributed by atoms with Gasteiger partial charge in [-0.15, -0.1) is 0 Å². The van der Waals surface area contributed by atoms with Crippen LogP contribution >= 0.6 is 0 Å². The van der Waals surface area contributed by atoms with Crippen LogP contribution in [0.15, 0.2) is 36.1 Å². The fraction of sp³-hybridized carbons (Fsp3) is 0.0909. The molecule has 0 saturated carbocycles. The van der Waals surface area contributed by atoms with Gasteiger partial charge in [-0.25, -0.2) is 0 Å². The van der Waals surface area contributed by atoms with E-state index >= 15 is 0 Å². The van der Waals surface area contributed by atoms with Crippen molar-refractivity contribution in [3.63, 3.8) is 0 Å². The molecule has 3 heteroatoms. The van der Waals surface area contributed by atoms with E-state index in [-0.39, 0.29) is 23.6 Å². The molecule has 3 nitrogen and oxygen atoms in total. The molecule has 1 aromatic carbocycles. The van der Waals surface area contributed by atoms with Crippen LogP contribution in [0.5, 0.6) is 0 Å². The summed E-state index contributed by atoms with van der Waals surface area (Å²) in [4.78, 5) is 23.1. The first-order valence-corrected chi connectivity index (χ1v) is 4.24. The summed E-state index contributed by atoms with van der Waals surface area (Å²) in [6.07, 6.45) is 0.711. The van der Waals surface area contributed by atoms with Gasteiger partial charge in [-0.2, -0.15) is 0 Å². The van der Waals surface area contributed by atoms with Crippen LogP contribution in [0, 0.1) is 0 Å².